The molecule has 176 valence electrons. The fraction of sp³-hybridized carbons (Fsp3) is 0.364. The molecule has 1 atom stereocenters. The van der Waals surface area contributed by atoms with E-state index in [1.165, 1.54) is 18.2 Å². The highest BCUT2D eigenvalue weighted by atomic mass is 32.2. The van der Waals surface area contributed by atoms with Gasteiger partial charge in [-0.2, -0.15) is 0 Å². The fourth-order valence-electron chi connectivity index (χ4n) is 3.62. The third-order valence-corrected chi connectivity index (χ3v) is 6.92. The van der Waals surface area contributed by atoms with E-state index < -0.39 is 20.9 Å². The highest BCUT2D eigenvalue weighted by Gasteiger charge is 2.25. The minimum atomic E-state index is -3.63. The van der Waals surface area contributed by atoms with Crippen LogP contribution < -0.4 is 10.0 Å². The standard InChI is InChI=1S/C22H26N4O6S/c1-16-7-9-20(10-8-16)33(31,32)24-13-17-4-3-11-25(15-17)21(27)14-23-22(28)18-5-2-6-19(12-18)26(29)30/h2,5-10,12,17,24H,3-4,11,13-15H2,1H3,(H,23,28). The summed E-state index contributed by atoms with van der Waals surface area (Å²) < 4.78 is 27.6. The summed E-state index contributed by atoms with van der Waals surface area (Å²) in [6, 6.07) is 11.8. The number of carbonyl (C=O) groups excluding carboxylic acids is 2. The normalized spacial score (nSPS) is 16.3. The largest absolute Gasteiger partial charge is 0.343 e. The lowest BCUT2D eigenvalue weighted by atomic mass is 9.98. The first-order valence-electron chi connectivity index (χ1n) is 10.5. The van der Waals surface area contributed by atoms with Gasteiger partial charge in [0.05, 0.1) is 16.4 Å². The minimum Gasteiger partial charge on any atom is -0.343 e. The van der Waals surface area contributed by atoms with Gasteiger partial charge in [-0.05, 0) is 43.9 Å². The number of piperidine rings is 1. The number of rotatable bonds is 8. The summed E-state index contributed by atoms with van der Waals surface area (Å²) in [7, 11) is -3.63. The Hall–Kier alpha value is -3.31. The van der Waals surface area contributed by atoms with Crippen LogP contribution in [-0.2, 0) is 14.8 Å². The number of amides is 2. The maximum Gasteiger partial charge on any atom is 0.270 e. The molecular formula is C22H26N4O6S. The van der Waals surface area contributed by atoms with E-state index in [4.69, 9.17) is 0 Å². The quantitative estimate of drug-likeness (QED) is 0.442. The topological polar surface area (TPSA) is 139 Å². The van der Waals surface area contributed by atoms with Crippen molar-refractivity contribution in [3.8, 4) is 0 Å². The van der Waals surface area contributed by atoms with E-state index >= 15 is 0 Å². The summed E-state index contributed by atoms with van der Waals surface area (Å²) in [5.74, 6) is -0.915. The van der Waals surface area contributed by atoms with Crippen LogP contribution in [-0.4, -0.2) is 56.2 Å². The Balaban J connectivity index is 1.51. The smallest absolute Gasteiger partial charge is 0.270 e. The van der Waals surface area contributed by atoms with Crippen LogP contribution in [0.1, 0.15) is 28.8 Å². The van der Waals surface area contributed by atoms with E-state index in [1.807, 2.05) is 6.92 Å². The molecular weight excluding hydrogens is 448 g/mol. The van der Waals surface area contributed by atoms with Gasteiger partial charge in [0, 0.05) is 37.3 Å². The van der Waals surface area contributed by atoms with Crippen molar-refractivity contribution in [3.05, 3.63) is 69.8 Å². The van der Waals surface area contributed by atoms with E-state index in [1.54, 1.807) is 29.2 Å². The van der Waals surface area contributed by atoms with E-state index in [9.17, 15) is 28.1 Å². The molecule has 0 aliphatic carbocycles. The zero-order valence-corrected chi connectivity index (χ0v) is 19.0. The molecule has 0 saturated carbocycles. The molecule has 1 fully saturated rings. The number of likely N-dealkylation sites (tertiary alicyclic amines) is 1. The maximum absolute atomic E-state index is 12.6. The van der Waals surface area contributed by atoms with Crippen LogP contribution in [0.3, 0.4) is 0 Å². The Morgan fingerprint density at radius 1 is 1.18 bits per heavy atom. The Morgan fingerprint density at radius 3 is 2.61 bits per heavy atom. The lowest BCUT2D eigenvalue weighted by Crippen LogP contribution is -2.47. The van der Waals surface area contributed by atoms with Gasteiger partial charge in [0.15, 0.2) is 0 Å². The number of carbonyl (C=O) groups is 2. The first-order chi connectivity index (χ1) is 15.7. The molecule has 2 aromatic rings. The first-order valence-corrected chi connectivity index (χ1v) is 12.0. The van der Waals surface area contributed by atoms with Crippen molar-refractivity contribution in [2.24, 2.45) is 5.92 Å². The molecule has 2 N–H and O–H groups in total. The van der Waals surface area contributed by atoms with Crippen molar-refractivity contribution in [2.75, 3.05) is 26.2 Å². The molecule has 1 saturated heterocycles. The molecule has 2 amide bonds. The van der Waals surface area contributed by atoms with Crippen LogP contribution >= 0.6 is 0 Å². The van der Waals surface area contributed by atoms with Crippen LogP contribution in [0.5, 0.6) is 0 Å². The molecule has 3 rings (SSSR count). The minimum absolute atomic E-state index is 0.0459. The zero-order valence-electron chi connectivity index (χ0n) is 18.2. The van der Waals surface area contributed by atoms with Crippen molar-refractivity contribution >= 4 is 27.5 Å². The number of nitro benzene ring substituents is 1. The second kappa shape index (κ2) is 10.5. The molecule has 33 heavy (non-hydrogen) atoms. The van der Waals surface area contributed by atoms with E-state index in [-0.39, 0.29) is 41.1 Å². The van der Waals surface area contributed by atoms with Crippen molar-refractivity contribution in [2.45, 2.75) is 24.7 Å². The summed E-state index contributed by atoms with van der Waals surface area (Å²) in [5, 5.41) is 13.4. The summed E-state index contributed by atoms with van der Waals surface area (Å²) in [6.45, 7) is 2.74. The molecule has 1 aliphatic rings. The van der Waals surface area contributed by atoms with Crippen molar-refractivity contribution < 1.29 is 22.9 Å². The number of benzene rings is 2. The third-order valence-electron chi connectivity index (χ3n) is 5.48. The second-order valence-corrected chi connectivity index (χ2v) is 9.77. The summed E-state index contributed by atoms with van der Waals surface area (Å²) in [5.41, 5.74) is 0.855. The van der Waals surface area contributed by atoms with Gasteiger partial charge in [-0.15, -0.1) is 0 Å². The predicted molar refractivity (Wildman–Crippen MR) is 121 cm³/mol. The van der Waals surface area contributed by atoms with Gasteiger partial charge >= 0.3 is 0 Å². The first kappa shape index (κ1) is 24.3. The number of hydrogen-bond donors (Lipinski definition) is 2. The maximum atomic E-state index is 12.6. The molecule has 1 heterocycles. The van der Waals surface area contributed by atoms with E-state index in [0.717, 1.165) is 24.5 Å². The average Bonchev–Trinajstić information content (AvgIpc) is 2.81. The van der Waals surface area contributed by atoms with Gasteiger partial charge < -0.3 is 10.2 Å². The number of nitrogens with one attached hydrogen (secondary N) is 2. The van der Waals surface area contributed by atoms with Crippen LogP contribution in [0.4, 0.5) is 5.69 Å². The van der Waals surface area contributed by atoms with Gasteiger partial charge in [-0.25, -0.2) is 13.1 Å². The van der Waals surface area contributed by atoms with Gasteiger partial charge in [0.25, 0.3) is 11.6 Å². The molecule has 0 aromatic heterocycles. The molecule has 1 aliphatic heterocycles. The highest BCUT2D eigenvalue weighted by molar-refractivity contribution is 7.89. The van der Waals surface area contributed by atoms with Crippen LogP contribution in [0, 0.1) is 23.0 Å². The summed E-state index contributed by atoms with van der Waals surface area (Å²) in [6.07, 6.45) is 1.50. The number of hydrogen-bond acceptors (Lipinski definition) is 6. The van der Waals surface area contributed by atoms with Gasteiger partial charge in [-0.3, -0.25) is 19.7 Å². The van der Waals surface area contributed by atoms with Crippen LogP contribution in [0.2, 0.25) is 0 Å². The van der Waals surface area contributed by atoms with Crippen molar-refractivity contribution in [1.29, 1.82) is 0 Å². The molecule has 0 bridgehead atoms. The average molecular weight is 475 g/mol. The number of nitrogens with zero attached hydrogens (tertiary/aromatic N) is 2. The number of sulfonamides is 1. The van der Waals surface area contributed by atoms with Crippen molar-refractivity contribution in [1.82, 2.24) is 14.9 Å². The second-order valence-electron chi connectivity index (χ2n) is 8.00. The fourth-order valence-corrected chi connectivity index (χ4v) is 4.73. The van der Waals surface area contributed by atoms with Crippen molar-refractivity contribution in [3.63, 3.8) is 0 Å². The third kappa shape index (κ3) is 6.59. The number of nitro groups is 1. The van der Waals surface area contributed by atoms with Crippen LogP contribution in [0.15, 0.2) is 53.4 Å². The molecule has 1 unspecified atom stereocenters. The number of aryl methyl sites for hydroxylation is 1. The zero-order chi connectivity index (χ0) is 24.0. The lowest BCUT2D eigenvalue weighted by molar-refractivity contribution is -0.384. The molecule has 11 heteroatoms. The van der Waals surface area contributed by atoms with E-state index in [2.05, 4.69) is 10.0 Å². The summed E-state index contributed by atoms with van der Waals surface area (Å²) >= 11 is 0. The van der Waals surface area contributed by atoms with Crippen LogP contribution in [0.25, 0.3) is 0 Å². The Bertz CT molecular complexity index is 1130. The van der Waals surface area contributed by atoms with Gasteiger partial charge in [-0.1, -0.05) is 23.8 Å². The highest BCUT2D eigenvalue weighted by Crippen LogP contribution is 2.18. The Kier molecular flexibility index (Phi) is 7.77. The van der Waals surface area contributed by atoms with Gasteiger partial charge in [0.2, 0.25) is 15.9 Å². The summed E-state index contributed by atoms with van der Waals surface area (Å²) in [4.78, 5) is 36.9. The SMILES string of the molecule is Cc1ccc(S(=O)(=O)NCC2CCCN(C(=O)CNC(=O)c3cccc([N+](=O)[O-])c3)C2)cc1. The molecule has 0 radical (unpaired) electrons. The number of non-ortho nitro benzene ring substituents is 1. The molecule has 10 nitrogen and oxygen atoms in total. The molecule has 0 spiro atoms. The van der Waals surface area contributed by atoms with E-state index in [0.29, 0.717) is 13.1 Å². The van der Waals surface area contributed by atoms with Gasteiger partial charge in [0.1, 0.15) is 0 Å². The lowest BCUT2D eigenvalue weighted by Gasteiger charge is -2.33. The molecule has 2 aromatic carbocycles. The Labute approximate surface area is 192 Å². The Morgan fingerprint density at radius 2 is 1.91 bits per heavy atom. The predicted octanol–water partition coefficient (Wildman–Crippen LogP) is 1.85. The monoisotopic (exact) mass is 474 g/mol.